The minimum Gasteiger partial charge on any atom is -0.384 e. The van der Waals surface area contributed by atoms with Gasteiger partial charge < -0.3 is 19.9 Å². The summed E-state index contributed by atoms with van der Waals surface area (Å²) >= 11 is 0. The van der Waals surface area contributed by atoms with Crippen LogP contribution in [-0.2, 0) is 17.6 Å². The molecular formula is C29H34F3N7O2Si. The molecule has 1 aliphatic heterocycles. The van der Waals surface area contributed by atoms with Crippen LogP contribution in [0.15, 0.2) is 48.8 Å². The van der Waals surface area contributed by atoms with Crippen molar-refractivity contribution in [3.8, 4) is 22.6 Å². The third-order valence-corrected chi connectivity index (χ3v) is 9.06. The highest BCUT2D eigenvalue weighted by molar-refractivity contribution is 6.76. The van der Waals surface area contributed by atoms with E-state index in [1.165, 1.54) is 17.0 Å². The van der Waals surface area contributed by atoms with E-state index in [-0.39, 0.29) is 25.2 Å². The number of carbonyl (C=O) groups excluding carboxylic acids is 1. The molecule has 9 nitrogen and oxygen atoms in total. The van der Waals surface area contributed by atoms with E-state index in [1.807, 2.05) is 24.5 Å². The summed E-state index contributed by atoms with van der Waals surface area (Å²) < 4.78 is 49.1. The van der Waals surface area contributed by atoms with E-state index in [0.29, 0.717) is 40.9 Å². The van der Waals surface area contributed by atoms with Crippen molar-refractivity contribution >= 4 is 25.5 Å². The summed E-state index contributed by atoms with van der Waals surface area (Å²) in [6.07, 6.45) is -1.20. The van der Waals surface area contributed by atoms with Gasteiger partial charge in [-0.15, -0.1) is 0 Å². The summed E-state index contributed by atoms with van der Waals surface area (Å²) in [6, 6.07) is 8.94. The molecule has 4 aromatic rings. The molecule has 42 heavy (non-hydrogen) atoms. The Morgan fingerprint density at radius 2 is 1.81 bits per heavy atom. The Hall–Kier alpha value is -3.97. The summed E-state index contributed by atoms with van der Waals surface area (Å²) in [7, 11) is -1.29. The number of benzene rings is 1. The number of alkyl halides is 3. The molecule has 2 N–H and O–H groups in total. The van der Waals surface area contributed by atoms with Crippen molar-refractivity contribution in [2.45, 2.75) is 58.5 Å². The number of hydrogen-bond donors (Lipinski definition) is 1. The second-order valence-electron chi connectivity index (χ2n) is 11.8. The molecule has 1 atom stereocenters. The van der Waals surface area contributed by atoms with Gasteiger partial charge in [0, 0.05) is 44.4 Å². The average molecular weight is 598 g/mol. The van der Waals surface area contributed by atoms with Gasteiger partial charge in [-0.3, -0.25) is 9.48 Å². The summed E-state index contributed by atoms with van der Waals surface area (Å²) in [5, 5.41) is 4.52. The lowest BCUT2D eigenvalue weighted by Crippen LogP contribution is -2.42. The highest BCUT2D eigenvalue weighted by atomic mass is 28.3. The maximum atomic E-state index is 13.9. The molecule has 222 valence electrons. The Kier molecular flexibility index (Phi) is 7.75. The summed E-state index contributed by atoms with van der Waals surface area (Å²) in [6.45, 7) is 11.8. The second kappa shape index (κ2) is 11.0. The first-order valence-corrected chi connectivity index (χ1v) is 17.4. The van der Waals surface area contributed by atoms with Gasteiger partial charge in [0.2, 0.25) is 0 Å². The van der Waals surface area contributed by atoms with Crippen LogP contribution in [-0.4, -0.2) is 51.4 Å². The van der Waals surface area contributed by atoms with Crippen molar-refractivity contribution in [2.24, 2.45) is 0 Å². The fraction of sp³-hybridized carbons (Fsp3) is 0.379. The Morgan fingerprint density at radius 3 is 2.43 bits per heavy atom. The van der Waals surface area contributed by atoms with Gasteiger partial charge in [0.25, 0.3) is 5.91 Å². The van der Waals surface area contributed by atoms with Crippen LogP contribution in [0.1, 0.15) is 34.7 Å². The highest BCUT2D eigenvalue weighted by Gasteiger charge is 2.36. The average Bonchev–Trinajstić information content (AvgIpc) is 3.50. The predicted molar refractivity (Wildman–Crippen MR) is 158 cm³/mol. The van der Waals surface area contributed by atoms with Crippen LogP contribution in [0.5, 0.6) is 0 Å². The number of nitrogens with two attached hydrogens (primary N) is 1. The highest BCUT2D eigenvalue weighted by Crippen LogP contribution is 2.37. The van der Waals surface area contributed by atoms with Gasteiger partial charge >= 0.3 is 6.18 Å². The first-order valence-electron chi connectivity index (χ1n) is 13.7. The van der Waals surface area contributed by atoms with E-state index in [4.69, 9.17) is 15.5 Å². The lowest BCUT2D eigenvalue weighted by Gasteiger charge is -2.32. The van der Waals surface area contributed by atoms with Crippen molar-refractivity contribution in [1.82, 2.24) is 24.3 Å². The lowest BCUT2D eigenvalue weighted by atomic mass is 10.1. The molecule has 0 spiro atoms. The van der Waals surface area contributed by atoms with Gasteiger partial charge in [0.05, 0.1) is 29.1 Å². The van der Waals surface area contributed by atoms with Crippen molar-refractivity contribution in [3.63, 3.8) is 0 Å². The molecule has 0 saturated heterocycles. The minimum atomic E-state index is -4.46. The number of nitrogen functional groups attached to an aromatic ring is 1. The number of amides is 1. The Labute approximate surface area is 243 Å². The zero-order valence-electron chi connectivity index (χ0n) is 24.2. The van der Waals surface area contributed by atoms with E-state index in [2.05, 4.69) is 29.7 Å². The number of fused-ring (bicyclic) bond motifs is 1. The van der Waals surface area contributed by atoms with E-state index in [9.17, 15) is 18.0 Å². The van der Waals surface area contributed by atoms with Gasteiger partial charge in [0.15, 0.2) is 0 Å². The number of rotatable bonds is 8. The topological polar surface area (TPSA) is 104 Å². The van der Waals surface area contributed by atoms with Gasteiger partial charge in [-0.1, -0.05) is 19.6 Å². The largest absolute Gasteiger partial charge is 0.416 e. The van der Waals surface area contributed by atoms with Gasteiger partial charge in [-0.2, -0.15) is 18.3 Å². The first kappa shape index (κ1) is 29.5. The quantitative estimate of drug-likeness (QED) is 0.190. The smallest absolute Gasteiger partial charge is 0.384 e. The maximum absolute atomic E-state index is 13.9. The monoisotopic (exact) mass is 597 g/mol. The molecule has 1 aliphatic rings. The minimum absolute atomic E-state index is 0.221. The van der Waals surface area contributed by atoms with Gasteiger partial charge in [0.1, 0.15) is 24.1 Å². The van der Waals surface area contributed by atoms with Crippen LogP contribution < -0.4 is 10.6 Å². The third-order valence-electron chi connectivity index (χ3n) is 7.35. The lowest BCUT2D eigenvalue weighted by molar-refractivity contribution is -0.137. The van der Waals surface area contributed by atoms with Crippen LogP contribution in [0, 0.1) is 6.92 Å². The molecule has 1 amide bonds. The first-order chi connectivity index (χ1) is 19.7. The third kappa shape index (κ3) is 5.84. The van der Waals surface area contributed by atoms with Crippen LogP contribution in [0.2, 0.25) is 25.7 Å². The molecule has 0 unspecified atom stereocenters. The van der Waals surface area contributed by atoms with Crippen LogP contribution in [0.3, 0.4) is 0 Å². The zero-order chi connectivity index (χ0) is 30.4. The number of aromatic nitrogens is 5. The molecule has 5 rings (SSSR count). The number of pyridine rings is 1. The molecule has 0 fully saturated rings. The second-order valence-corrected chi connectivity index (χ2v) is 17.4. The predicted octanol–water partition coefficient (Wildman–Crippen LogP) is 6.25. The number of ether oxygens (including phenoxy) is 1. The number of halogens is 3. The normalized spacial score (nSPS) is 15.8. The molecule has 4 heterocycles. The van der Waals surface area contributed by atoms with Gasteiger partial charge in [-0.05, 0) is 56.3 Å². The van der Waals surface area contributed by atoms with Gasteiger partial charge in [-0.25, -0.2) is 9.97 Å². The number of anilines is 2. The number of imidazole rings is 1. The molecule has 0 aliphatic carbocycles. The fourth-order valence-electron chi connectivity index (χ4n) is 4.93. The summed E-state index contributed by atoms with van der Waals surface area (Å²) in [5.41, 5.74) is 8.36. The van der Waals surface area contributed by atoms with Crippen LogP contribution >= 0.6 is 0 Å². The molecule has 0 saturated carbocycles. The van der Waals surface area contributed by atoms with Crippen LogP contribution in [0.25, 0.3) is 22.6 Å². The van der Waals surface area contributed by atoms with E-state index >= 15 is 0 Å². The van der Waals surface area contributed by atoms with E-state index < -0.39 is 19.8 Å². The maximum Gasteiger partial charge on any atom is 0.416 e. The fourth-order valence-corrected chi connectivity index (χ4v) is 5.68. The van der Waals surface area contributed by atoms with Crippen molar-refractivity contribution < 1.29 is 22.7 Å². The Bertz CT molecular complexity index is 1590. The van der Waals surface area contributed by atoms with E-state index in [1.54, 1.807) is 23.1 Å². The van der Waals surface area contributed by atoms with E-state index in [0.717, 1.165) is 29.4 Å². The van der Waals surface area contributed by atoms with Crippen molar-refractivity contribution in [1.29, 1.82) is 0 Å². The number of nitrogens with zero attached hydrogens (tertiary/aromatic N) is 6. The van der Waals surface area contributed by atoms with Crippen LogP contribution in [0.4, 0.5) is 24.7 Å². The summed E-state index contributed by atoms with van der Waals surface area (Å²) in [5.74, 6) is 0.629. The zero-order valence-corrected chi connectivity index (χ0v) is 25.2. The summed E-state index contributed by atoms with van der Waals surface area (Å²) in [4.78, 5) is 24.5. The molecule has 1 aromatic carbocycles. The number of carbonyl (C=O) groups is 1. The van der Waals surface area contributed by atoms with Crippen molar-refractivity contribution in [3.05, 3.63) is 65.7 Å². The molecular weight excluding hydrogens is 563 g/mol. The molecule has 0 radical (unpaired) electrons. The Balaban J connectivity index is 1.53. The number of hydrogen-bond acceptors (Lipinski definition) is 6. The molecule has 3 aromatic heterocycles. The van der Waals surface area contributed by atoms with Crippen molar-refractivity contribution in [2.75, 3.05) is 23.8 Å². The molecule has 13 heteroatoms. The standard InChI is InChI=1S/C29H34F3N7O2Si/c1-18-16-37(22-9-7-21(8-10-22)29(30,31)32)28(40)26-23(15-35-39(18)26)25-19(2)38(17-41-12-13-42(3,4)5)27(36-25)20-6-11-24(33)34-14-20/h6-11,14-15,18H,12-13,16-17H2,1-5H3,(H2,33,34)/t18-/m0/s1. The SMILES string of the molecule is Cc1c(-c2cnn3c2C(=O)N(c2ccc(C(F)(F)F)cc2)C[C@@H]3C)nc(-c2ccc(N)nc2)n1COCC[Si](C)(C)C. The Morgan fingerprint density at radius 1 is 1.10 bits per heavy atom. The molecule has 0 bridgehead atoms.